The van der Waals surface area contributed by atoms with Crippen molar-refractivity contribution in [2.45, 2.75) is 13.5 Å². The molecule has 0 aliphatic rings. The molecule has 2 N–H and O–H groups in total. The summed E-state index contributed by atoms with van der Waals surface area (Å²) in [5, 5.41) is 11.2. The molecule has 0 aliphatic heterocycles. The average Bonchev–Trinajstić information content (AvgIpc) is 2.67. The summed E-state index contributed by atoms with van der Waals surface area (Å²) < 4.78 is 0. The lowest BCUT2D eigenvalue weighted by atomic mass is 10.3. The van der Waals surface area contributed by atoms with Gasteiger partial charge in [0.25, 0.3) is 5.56 Å². The zero-order valence-corrected chi connectivity index (χ0v) is 10.2. The summed E-state index contributed by atoms with van der Waals surface area (Å²) in [4.78, 5) is 12.4. The second-order valence-electron chi connectivity index (χ2n) is 3.31. The number of aromatic nitrogens is 2. The van der Waals surface area contributed by atoms with Gasteiger partial charge < -0.3 is 5.32 Å². The van der Waals surface area contributed by atoms with E-state index in [4.69, 9.17) is 11.6 Å². The zero-order chi connectivity index (χ0) is 11.5. The van der Waals surface area contributed by atoms with E-state index >= 15 is 0 Å². The van der Waals surface area contributed by atoms with Crippen molar-refractivity contribution < 1.29 is 0 Å². The van der Waals surface area contributed by atoms with Crippen molar-refractivity contribution >= 4 is 28.6 Å². The number of anilines is 1. The van der Waals surface area contributed by atoms with Crippen molar-refractivity contribution in [3.8, 4) is 0 Å². The van der Waals surface area contributed by atoms with Gasteiger partial charge in [-0.15, -0.1) is 11.3 Å². The molecule has 2 aromatic heterocycles. The van der Waals surface area contributed by atoms with E-state index in [0.29, 0.717) is 12.2 Å². The molecule has 0 aliphatic carbocycles. The van der Waals surface area contributed by atoms with E-state index in [2.05, 4.69) is 21.6 Å². The minimum atomic E-state index is -0.380. The lowest BCUT2D eigenvalue weighted by Crippen LogP contribution is -2.11. The molecule has 0 spiro atoms. The molecule has 0 saturated carbocycles. The molecule has 84 valence electrons. The van der Waals surface area contributed by atoms with E-state index in [1.807, 2.05) is 12.3 Å². The molecule has 6 heteroatoms. The molecule has 4 nitrogen and oxygen atoms in total. The van der Waals surface area contributed by atoms with Crippen LogP contribution < -0.4 is 10.9 Å². The standard InChI is InChI=1S/C10H10ClN3OS/c1-6-2-3-16-8(6)5-12-7-4-13-14-10(15)9(7)11/h2-4H,5H2,1H3,(H2,12,14,15). The predicted octanol–water partition coefficient (Wildman–Crippen LogP) is 2.41. The molecule has 2 heterocycles. The number of nitrogens with zero attached hydrogens (tertiary/aromatic N) is 1. The molecule has 0 amide bonds. The maximum absolute atomic E-state index is 11.2. The highest BCUT2D eigenvalue weighted by molar-refractivity contribution is 7.10. The molecule has 0 aromatic carbocycles. The lowest BCUT2D eigenvalue weighted by Gasteiger charge is -2.06. The van der Waals surface area contributed by atoms with E-state index in [0.717, 1.165) is 0 Å². The maximum atomic E-state index is 11.2. The minimum absolute atomic E-state index is 0.143. The summed E-state index contributed by atoms with van der Waals surface area (Å²) in [7, 11) is 0. The molecular weight excluding hydrogens is 246 g/mol. The van der Waals surface area contributed by atoms with Gasteiger partial charge in [-0.05, 0) is 23.9 Å². The Morgan fingerprint density at radius 3 is 3.12 bits per heavy atom. The summed E-state index contributed by atoms with van der Waals surface area (Å²) in [5.41, 5.74) is 1.40. The van der Waals surface area contributed by atoms with Crippen molar-refractivity contribution in [3.63, 3.8) is 0 Å². The Morgan fingerprint density at radius 2 is 2.44 bits per heavy atom. The average molecular weight is 256 g/mol. The molecule has 0 bridgehead atoms. The summed E-state index contributed by atoms with van der Waals surface area (Å²) in [5.74, 6) is 0. The third kappa shape index (κ3) is 2.25. The highest BCUT2D eigenvalue weighted by atomic mass is 35.5. The first-order valence-corrected chi connectivity index (χ1v) is 5.94. The van der Waals surface area contributed by atoms with Crippen molar-refractivity contribution in [2.24, 2.45) is 0 Å². The van der Waals surface area contributed by atoms with Crippen LogP contribution in [0.15, 0.2) is 22.4 Å². The fourth-order valence-corrected chi connectivity index (χ4v) is 2.27. The van der Waals surface area contributed by atoms with Gasteiger partial charge in [-0.25, -0.2) is 5.10 Å². The molecule has 16 heavy (non-hydrogen) atoms. The second-order valence-corrected chi connectivity index (χ2v) is 4.69. The van der Waals surface area contributed by atoms with Crippen molar-refractivity contribution in [1.82, 2.24) is 10.2 Å². The summed E-state index contributed by atoms with van der Waals surface area (Å²) in [6.07, 6.45) is 1.51. The Bertz CT molecular complexity index is 549. The number of thiophene rings is 1. The zero-order valence-electron chi connectivity index (χ0n) is 8.58. The number of rotatable bonds is 3. The number of aryl methyl sites for hydroxylation is 1. The van der Waals surface area contributed by atoms with Gasteiger partial charge in [0.15, 0.2) is 0 Å². The van der Waals surface area contributed by atoms with Crippen LogP contribution in [-0.2, 0) is 6.54 Å². The molecule has 0 unspecified atom stereocenters. The third-order valence-electron chi connectivity index (χ3n) is 2.20. The number of nitrogens with one attached hydrogen (secondary N) is 2. The molecule has 2 aromatic rings. The minimum Gasteiger partial charge on any atom is -0.377 e. The number of aromatic amines is 1. The summed E-state index contributed by atoms with van der Waals surface area (Å²) in [6, 6.07) is 2.05. The van der Waals surface area contributed by atoms with Gasteiger partial charge in [0.1, 0.15) is 5.02 Å². The fraction of sp³-hybridized carbons (Fsp3) is 0.200. The first-order chi connectivity index (χ1) is 7.68. The normalized spacial score (nSPS) is 10.4. The third-order valence-corrected chi connectivity index (χ3v) is 3.60. The van der Waals surface area contributed by atoms with Gasteiger partial charge in [0, 0.05) is 11.4 Å². The lowest BCUT2D eigenvalue weighted by molar-refractivity contribution is 0.982. The molecule has 2 rings (SSSR count). The van der Waals surface area contributed by atoms with E-state index in [1.165, 1.54) is 16.6 Å². The van der Waals surface area contributed by atoms with E-state index < -0.39 is 0 Å². The number of hydrogen-bond acceptors (Lipinski definition) is 4. The Labute approximate surface area is 101 Å². The van der Waals surface area contributed by atoms with Crippen LogP contribution in [0.3, 0.4) is 0 Å². The van der Waals surface area contributed by atoms with Gasteiger partial charge in [-0.1, -0.05) is 11.6 Å². The summed E-state index contributed by atoms with van der Waals surface area (Å²) >= 11 is 7.50. The highest BCUT2D eigenvalue weighted by Crippen LogP contribution is 2.19. The van der Waals surface area contributed by atoms with Gasteiger partial charge in [-0.2, -0.15) is 5.10 Å². The number of halogens is 1. The first-order valence-electron chi connectivity index (χ1n) is 4.68. The van der Waals surface area contributed by atoms with Crippen LogP contribution >= 0.6 is 22.9 Å². The van der Waals surface area contributed by atoms with Crippen LogP contribution in [0.4, 0.5) is 5.69 Å². The Hall–Kier alpha value is -1.33. The topological polar surface area (TPSA) is 57.8 Å². The SMILES string of the molecule is Cc1ccsc1CNc1cn[nH]c(=O)c1Cl. The second kappa shape index (κ2) is 4.67. The monoisotopic (exact) mass is 255 g/mol. The van der Waals surface area contributed by atoms with E-state index in [-0.39, 0.29) is 10.6 Å². The highest BCUT2D eigenvalue weighted by Gasteiger charge is 2.05. The van der Waals surface area contributed by atoms with Crippen LogP contribution in [0.25, 0.3) is 0 Å². The van der Waals surface area contributed by atoms with E-state index in [9.17, 15) is 4.79 Å². The van der Waals surface area contributed by atoms with Crippen molar-refractivity contribution in [3.05, 3.63) is 43.5 Å². The van der Waals surface area contributed by atoms with Gasteiger partial charge in [0.05, 0.1) is 11.9 Å². The predicted molar refractivity (Wildman–Crippen MR) is 66.3 cm³/mol. The van der Waals surface area contributed by atoms with Crippen LogP contribution in [0.2, 0.25) is 5.02 Å². The van der Waals surface area contributed by atoms with Gasteiger partial charge >= 0.3 is 0 Å². The first kappa shape index (κ1) is 11.2. The van der Waals surface area contributed by atoms with Gasteiger partial charge in [0.2, 0.25) is 0 Å². The van der Waals surface area contributed by atoms with E-state index in [1.54, 1.807) is 11.3 Å². The van der Waals surface area contributed by atoms with Crippen molar-refractivity contribution in [2.75, 3.05) is 5.32 Å². The van der Waals surface area contributed by atoms with Crippen LogP contribution in [0.1, 0.15) is 10.4 Å². The van der Waals surface area contributed by atoms with Crippen LogP contribution in [0.5, 0.6) is 0 Å². The Morgan fingerprint density at radius 1 is 1.62 bits per heavy atom. The smallest absolute Gasteiger partial charge is 0.285 e. The Kier molecular flexibility index (Phi) is 3.26. The Balaban J connectivity index is 2.14. The summed E-state index contributed by atoms with van der Waals surface area (Å²) in [6.45, 7) is 2.69. The largest absolute Gasteiger partial charge is 0.377 e. The van der Waals surface area contributed by atoms with Crippen LogP contribution in [-0.4, -0.2) is 10.2 Å². The molecule has 0 saturated heterocycles. The molecule has 0 fully saturated rings. The molecule has 0 atom stereocenters. The van der Waals surface area contributed by atoms with Crippen molar-refractivity contribution in [1.29, 1.82) is 0 Å². The molecular formula is C10H10ClN3OS. The van der Waals surface area contributed by atoms with Gasteiger partial charge in [-0.3, -0.25) is 4.79 Å². The number of hydrogen-bond donors (Lipinski definition) is 2. The van der Waals surface area contributed by atoms with Crippen LogP contribution in [0, 0.1) is 6.92 Å². The maximum Gasteiger partial charge on any atom is 0.285 e. The number of H-pyrrole nitrogens is 1. The molecule has 0 radical (unpaired) electrons. The fourth-order valence-electron chi connectivity index (χ4n) is 1.27. The quantitative estimate of drug-likeness (QED) is 0.886.